The van der Waals surface area contributed by atoms with Crippen LogP contribution in [0.1, 0.15) is 31.4 Å². The SMILES string of the molecule is CCC(C)OC(=O)C1Cc2ccccc2CN1. The van der Waals surface area contributed by atoms with Crippen LogP contribution in [0.15, 0.2) is 24.3 Å². The number of carbonyl (C=O) groups excluding carboxylic acids is 1. The molecular weight excluding hydrogens is 214 g/mol. The van der Waals surface area contributed by atoms with Crippen LogP contribution in [0.3, 0.4) is 0 Å². The zero-order valence-electron chi connectivity index (χ0n) is 10.4. The molecule has 1 aromatic carbocycles. The Hall–Kier alpha value is -1.35. The minimum atomic E-state index is -0.195. The van der Waals surface area contributed by atoms with Crippen LogP contribution >= 0.6 is 0 Å². The molecule has 0 saturated carbocycles. The van der Waals surface area contributed by atoms with Gasteiger partial charge < -0.3 is 10.1 Å². The topological polar surface area (TPSA) is 38.3 Å². The monoisotopic (exact) mass is 233 g/mol. The molecule has 0 saturated heterocycles. The molecule has 2 unspecified atom stereocenters. The Labute approximate surface area is 102 Å². The number of fused-ring (bicyclic) bond motifs is 1. The molecule has 1 aromatic rings. The highest BCUT2D eigenvalue weighted by molar-refractivity contribution is 5.76. The van der Waals surface area contributed by atoms with Gasteiger partial charge in [0.15, 0.2) is 0 Å². The Kier molecular flexibility index (Phi) is 3.79. The second-order valence-corrected chi connectivity index (χ2v) is 4.56. The predicted molar refractivity (Wildman–Crippen MR) is 66.6 cm³/mol. The zero-order valence-corrected chi connectivity index (χ0v) is 10.4. The van der Waals surface area contributed by atoms with Gasteiger partial charge in [0.2, 0.25) is 0 Å². The van der Waals surface area contributed by atoms with Gasteiger partial charge in [-0.25, -0.2) is 0 Å². The minimum absolute atomic E-state index is 0.00136. The van der Waals surface area contributed by atoms with Crippen molar-refractivity contribution in [3.8, 4) is 0 Å². The van der Waals surface area contributed by atoms with Crippen molar-refractivity contribution in [3.05, 3.63) is 35.4 Å². The molecule has 0 bridgehead atoms. The van der Waals surface area contributed by atoms with Gasteiger partial charge >= 0.3 is 5.97 Å². The summed E-state index contributed by atoms with van der Waals surface area (Å²) in [6.07, 6.45) is 1.59. The zero-order chi connectivity index (χ0) is 12.3. The predicted octanol–water partition coefficient (Wildman–Crippen LogP) is 2.04. The molecule has 0 radical (unpaired) electrons. The fraction of sp³-hybridized carbons (Fsp3) is 0.500. The number of esters is 1. The maximum Gasteiger partial charge on any atom is 0.323 e. The van der Waals surface area contributed by atoms with Gasteiger partial charge in [-0.05, 0) is 30.9 Å². The minimum Gasteiger partial charge on any atom is -0.462 e. The average Bonchev–Trinajstić information content (AvgIpc) is 2.38. The molecule has 1 aliphatic rings. The van der Waals surface area contributed by atoms with Gasteiger partial charge in [-0.2, -0.15) is 0 Å². The lowest BCUT2D eigenvalue weighted by molar-refractivity contribution is -0.151. The summed E-state index contributed by atoms with van der Waals surface area (Å²) in [5.74, 6) is -0.131. The highest BCUT2D eigenvalue weighted by Gasteiger charge is 2.25. The van der Waals surface area contributed by atoms with E-state index in [1.54, 1.807) is 0 Å². The molecule has 1 N–H and O–H groups in total. The van der Waals surface area contributed by atoms with E-state index in [1.165, 1.54) is 11.1 Å². The fourth-order valence-electron chi connectivity index (χ4n) is 1.98. The van der Waals surface area contributed by atoms with Crippen molar-refractivity contribution in [2.75, 3.05) is 0 Å². The second kappa shape index (κ2) is 5.32. The van der Waals surface area contributed by atoms with Crippen molar-refractivity contribution in [1.82, 2.24) is 5.32 Å². The Morgan fingerprint density at radius 1 is 1.47 bits per heavy atom. The van der Waals surface area contributed by atoms with Gasteiger partial charge in [0.25, 0.3) is 0 Å². The molecule has 2 rings (SSSR count). The summed E-state index contributed by atoms with van der Waals surface area (Å²) in [4.78, 5) is 11.9. The Morgan fingerprint density at radius 3 is 2.88 bits per heavy atom. The maximum atomic E-state index is 11.9. The summed E-state index contributed by atoms with van der Waals surface area (Å²) in [7, 11) is 0. The third kappa shape index (κ3) is 2.86. The highest BCUT2D eigenvalue weighted by atomic mass is 16.5. The Bertz CT molecular complexity index is 403. The molecule has 0 aromatic heterocycles. The number of hydrogen-bond donors (Lipinski definition) is 1. The van der Waals surface area contributed by atoms with E-state index in [1.807, 2.05) is 26.0 Å². The van der Waals surface area contributed by atoms with Crippen molar-refractivity contribution >= 4 is 5.97 Å². The van der Waals surface area contributed by atoms with E-state index >= 15 is 0 Å². The quantitative estimate of drug-likeness (QED) is 0.812. The molecule has 0 fully saturated rings. The van der Waals surface area contributed by atoms with E-state index in [-0.39, 0.29) is 18.1 Å². The maximum absolute atomic E-state index is 11.9. The molecule has 3 nitrogen and oxygen atoms in total. The number of rotatable bonds is 3. The van der Waals surface area contributed by atoms with Crippen LogP contribution in [-0.4, -0.2) is 18.1 Å². The highest BCUT2D eigenvalue weighted by Crippen LogP contribution is 2.17. The molecule has 1 aliphatic heterocycles. The van der Waals surface area contributed by atoms with Crippen LogP contribution in [0.2, 0.25) is 0 Å². The number of nitrogens with one attached hydrogen (secondary N) is 1. The van der Waals surface area contributed by atoms with Crippen LogP contribution < -0.4 is 5.32 Å². The summed E-state index contributed by atoms with van der Waals surface area (Å²) in [6.45, 7) is 4.69. The standard InChI is InChI=1S/C14H19NO2/c1-3-10(2)17-14(16)13-8-11-6-4-5-7-12(11)9-15-13/h4-7,10,13,15H,3,8-9H2,1-2H3. The van der Waals surface area contributed by atoms with Gasteiger partial charge in [0.05, 0.1) is 6.10 Å². The summed E-state index contributed by atoms with van der Waals surface area (Å²) >= 11 is 0. The molecule has 0 amide bonds. The molecule has 0 spiro atoms. The summed E-state index contributed by atoms with van der Waals surface area (Å²) < 4.78 is 5.35. The van der Waals surface area contributed by atoms with E-state index in [0.717, 1.165) is 19.4 Å². The van der Waals surface area contributed by atoms with E-state index in [0.29, 0.717) is 0 Å². The summed E-state index contributed by atoms with van der Waals surface area (Å²) in [6, 6.07) is 8.02. The lowest BCUT2D eigenvalue weighted by atomic mass is 9.96. The van der Waals surface area contributed by atoms with Crippen LogP contribution in [0, 0.1) is 0 Å². The molecule has 1 heterocycles. The molecule has 17 heavy (non-hydrogen) atoms. The van der Waals surface area contributed by atoms with Crippen molar-refractivity contribution in [2.45, 2.75) is 45.4 Å². The van der Waals surface area contributed by atoms with E-state index in [2.05, 4.69) is 17.4 Å². The van der Waals surface area contributed by atoms with Crippen molar-refractivity contribution in [2.24, 2.45) is 0 Å². The Morgan fingerprint density at radius 2 is 2.18 bits per heavy atom. The number of ether oxygens (including phenoxy) is 1. The van der Waals surface area contributed by atoms with Crippen molar-refractivity contribution in [3.63, 3.8) is 0 Å². The van der Waals surface area contributed by atoms with Gasteiger partial charge in [0.1, 0.15) is 6.04 Å². The molecule has 0 aliphatic carbocycles. The molecule has 92 valence electrons. The van der Waals surface area contributed by atoms with Gasteiger partial charge in [0, 0.05) is 6.54 Å². The fourth-order valence-corrected chi connectivity index (χ4v) is 1.98. The van der Waals surface area contributed by atoms with Gasteiger partial charge in [-0.3, -0.25) is 4.79 Å². The lowest BCUT2D eigenvalue weighted by Gasteiger charge is -2.25. The van der Waals surface area contributed by atoms with Crippen LogP contribution in [0.25, 0.3) is 0 Å². The summed E-state index contributed by atoms with van der Waals surface area (Å²) in [5, 5.41) is 3.23. The third-order valence-electron chi connectivity index (χ3n) is 3.26. The normalized spacial score (nSPS) is 20.5. The molecule has 3 heteroatoms. The smallest absolute Gasteiger partial charge is 0.323 e. The van der Waals surface area contributed by atoms with E-state index in [9.17, 15) is 4.79 Å². The van der Waals surface area contributed by atoms with E-state index in [4.69, 9.17) is 4.74 Å². The largest absolute Gasteiger partial charge is 0.462 e. The molecular formula is C14H19NO2. The third-order valence-corrected chi connectivity index (χ3v) is 3.26. The number of carbonyl (C=O) groups is 1. The first kappa shape index (κ1) is 12.1. The first-order valence-corrected chi connectivity index (χ1v) is 6.21. The number of benzene rings is 1. The average molecular weight is 233 g/mol. The second-order valence-electron chi connectivity index (χ2n) is 4.56. The lowest BCUT2D eigenvalue weighted by Crippen LogP contribution is -2.43. The Balaban J connectivity index is 2.00. The summed E-state index contributed by atoms with van der Waals surface area (Å²) in [5.41, 5.74) is 2.53. The first-order chi connectivity index (χ1) is 8.20. The van der Waals surface area contributed by atoms with Gasteiger partial charge in [-0.1, -0.05) is 31.2 Å². The van der Waals surface area contributed by atoms with Crippen LogP contribution in [-0.2, 0) is 22.5 Å². The van der Waals surface area contributed by atoms with Crippen molar-refractivity contribution in [1.29, 1.82) is 0 Å². The first-order valence-electron chi connectivity index (χ1n) is 6.21. The van der Waals surface area contributed by atoms with Crippen LogP contribution in [0.4, 0.5) is 0 Å². The molecule has 2 atom stereocenters. The van der Waals surface area contributed by atoms with Gasteiger partial charge in [-0.15, -0.1) is 0 Å². The van der Waals surface area contributed by atoms with Crippen molar-refractivity contribution < 1.29 is 9.53 Å². The number of hydrogen-bond acceptors (Lipinski definition) is 3. The van der Waals surface area contributed by atoms with E-state index < -0.39 is 0 Å². The van der Waals surface area contributed by atoms with Crippen LogP contribution in [0.5, 0.6) is 0 Å².